The number of carbonyl (C=O) groups is 2. The summed E-state index contributed by atoms with van der Waals surface area (Å²) in [4.78, 5) is 29.1. The minimum atomic E-state index is -0.748. The average Bonchev–Trinajstić information content (AvgIpc) is 3.18. The fraction of sp³-hybridized carbons (Fsp3) is 0.200. The molecule has 2 aromatic carbocycles. The van der Waals surface area contributed by atoms with Crippen molar-refractivity contribution in [1.82, 2.24) is 14.8 Å². The number of aromatic nitrogens is 3. The second-order valence-corrected chi connectivity index (χ2v) is 7.20. The molecule has 28 heavy (non-hydrogen) atoms. The van der Waals surface area contributed by atoms with Gasteiger partial charge >= 0.3 is 0 Å². The van der Waals surface area contributed by atoms with Crippen LogP contribution in [0, 0.1) is 13.8 Å². The molecule has 0 saturated heterocycles. The van der Waals surface area contributed by atoms with Gasteiger partial charge in [-0.05, 0) is 31.5 Å². The van der Waals surface area contributed by atoms with E-state index >= 15 is 0 Å². The lowest BCUT2D eigenvalue weighted by atomic mass is 10.1. The number of nitrogens with zero attached hydrogens (tertiary/aromatic N) is 3. The van der Waals surface area contributed by atoms with Crippen LogP contribution in [0.2, 0.25) is 5.02 Å². The molecular weight excluding hydrogens is 378 g/mol. The van der Waals surface area contributed by atoms with Crippen molar-refractivity contribution in [2.24, 2.45) is 0 Å². The summed E-state index contributed by atoms with van der Waals surface area (Å²) in [5.74, 6) is 0.241. The summed E-state index contributed by atoms with van der Waals surface area (Å²) in [6, 6.07) is 12.3. The second-order valence-electron chi connectivity index (χ2n) is 6.79. The molecule has 0 radical (unpaired) electrons. The number of rotatable bonds is 4. The van der Waals surface area contributed by atoms with Crippen LogP contribution in [-0.2, 0) is 9.59 Å². The van der Waals surface area contributed by atoms with Crippen LogP contribution in [0.3, 0.4) is 0 Å². The summed E-state index contributed by atoms with van der Waals surface area (Å²) in [7, 11) is 0. The van der Waals surface area contributed by atoms with Gasteiger partial charge in [0.25, 0.3) is 5.91 Å². The normalized spacial score (nSPS) is 15.2. The number of carbonyl (C=O) groups excluding carboxylic acids is 2. The number of hydrogen-bond donors (Lipinski definition) is 2. The third kappa shape index (κ3) is 3.48. The Bertz CT molecular complexity index is 1070. The Balaban J connectivity index is 1.51. The van der Waals surface area contributed by atoms with Crippen molar-refractivity contribution in [2.45, 2.75) is 26.3 Å². The van der Waals surface area contributed by atoms with Crippen molar-refractivity contribution >= 4 is 35.1 Å². The standard InChI is InChI=1S/C20H18ClN5O2/c1-11-3-6-13(7-4-11)18-23-20-24-19(28)16(26(20)25-18)10-17(27)22-14-8-5-12(2)15(21)9-14/h3-9,16H,10H2,1-2H3,(H,22,27)(H,23,24,25,28)/t16-/m0/s1. The summed E-state index contributed by atoms with van der Waals surface area (Å²) in [6.45, 7) is 3.88. The Hall–Kier alpha value is -3.19. The molecule has 1 aliphatic heterocycles. The van der Waals surface area contributed by atoms with Gasteiger partial charge in [-0.15, -0.1) is 5.10 Å². The number of aryl methyl sites for hydroxylation is 2. The lowest BCUT2D eigenvalue weighted by Gasteiger charge is -2.10. The highest BCUT2D eigenvalue weighted by molar-refractivity contribution is 6.31. The highest BCUT2D eigenvalue weighted by atomic mass is 35.5. The summed E-state index contributed by atoms with van der Waals surface area (Å²) in [5.41, 5.74) is 3.48. The monoisotopic (exact) mass is 395 g/mol. The Morgan fingerprint density at radius 1 is 1.21 bits per heavy atom. The molecule has 0 unspecified atom stereocenters. The van der Waals surface area contributed by atoms with Crippen LogP contribution in [0.1, 0.15) is 23.6 Å². The largest absolute Gasteiger partial charge is 0.326 e. The zero-order valence-electron chi connectivity index (χ0n) is 15.4. The number of anilines is 2. The van der Waals surface area contributed by atoms with Crippen molar-refractivity contribution < 1.29 is 9.59 Å². The van der Waals surface area contributed by atoms with Crippen LogP contribution < -0.4 is 10.6 Å². The van der Waals surface area contributed by atoms with E-state index < -0.39 is 6.04 Å². The molecule has 1 aliphatic rings. The predicted molar refractivity (Wildman–Crippen MR) is 107 cm³/mol. The first-order valence-electron chi connectivity index (χ1n) is 8.81. The molecular formula is C20H18ClN5O2. The number of halogens is 1. The molecule has 1 atom stereocenters. The maximum absolute atomic E-state index is 12.4. The van der Waals surface area contributed by atoms with Crippen molar-refractivity contribution in [3.63, 3.8) is 0 Å². The Kier molecular flexibility index (Phi) is 4.60. The molecule has 1 aromatic heterocycles. The van der Waals surface area contributed by atoms with E-state index in [4.69, 9.17) is 11.6 Å². The zero-order valence-corrected chi connectivity index (χ0v) is 16.1. The van der Waals surface area contributed by atoms with Gasteiger partial charge in [0.2, 0.25) is 11.9 Å². The maximum atomic E-state index is 12.4. The van der Waals surface area contributed by atoms with E-state index in [0.717, 1.165) is 16.7 Å². The van der Waals surface area contributed by atoms with E-state index in [0.29, 0.717) is 22.5 Å². The summed E-state index contributed by atoms with van der Waals surface area (Å²) in [5, 5.41) is 10.4. The third-order valence-corrected chi connectivity index (χ3v) is 5.02. The topological polar surface area (TPSA) is 88.9 Å². The predicted octanol–water partition coefficient (Wildman–Crippen LogP) is 3.74. The van der Waals surface area contributed by atoms with Gasteiger partial charge < -0.3 is 5.32 Å². The van der Waals surface area contributed by atoms with E-state index in [1.54, 1.807) is 12.1 Å². The first-order valence-corrected chi connectivity index (χ1v) is 9.19. The molecule has 3 aromatic rings. The first-order chi connectivity index (χ1) is 13.4. The first kappa shape index (κ1) is 18.2. The van der Waals surface area contributed by atoms with Crippen LogP contribution >= 0.6 is 11.6 Å². The van der Waals surface area contributed by atoms with Gasteiger partial charge in [-0.3, -0.25) is 14.9 Å². The van der Waals surface area contributed by atoms with Crippen LogP contribution in [0.25, 0.3) is 11.4 Å². The van der Waals surface area contributed by atoms with E-state index in [2.05, 4.69) is 20.7 Å². The van der Waals surface area contributed by atoms with Crippen LogP contribution in [0.5, 0.6) is 0 Å². The van der Waals surface area contributed by atoms with E-state index in [1.807, 2.05) is 44.2 Å². The Morgan fingerprint density at radius 3 is 2.68 bits per heavy atom. The van der Waals surface area contributed by atoms with Crippen molar-refractivity contribution in [1.29, 1.82) is 0 Å². The molecule has 0 bridgehead atoms. The SMILES string of the molecule is Cc1ccc(-c2nc3n(n2)[C@@H](CC(=O)Nc2ccc(C)c(Cl)c2)C(=O)N3)cc1. The third-order valence-electron chi connectivity index (χ3n) is 4.61. The lowest BCUT2D eigenvalue weighted by Crippen LogP contribution is -2.23. The quantitative estimate of drug-likeness (QED) is 0.704. The second kappa shape index (κ2) is 7.09. The highest BCUT2D eigenvalue weighted by Gasteiger charge is 2.35. The van der Waals surface area contributed by atoms with Gasteiger partial charge in [-0.1, -0.05) is 47.5 Å². The molecule has 8 heteroatoms. The average molecular weight is 396 g/mol. The van der Waals surface area contributed by atoms with Gasteiger partial charge in [-0.25, -0.2) is 4.68 Å². The molecule has 0 fully saturated rings. The van der Waals surface area contributed by atoms with Crippen molar-refractivity contribution in [3.8, 4) is 11.4 Å². The Morgan fingerprint density at radius 2 is 1.96 bits per heavy atom. The van der Waals surface area contributed by atoms with Gasteiger partial charge in [0.05, 0.1) is 6.42 Å². The molecule has 2 heterocycles. The molecule has 7 nitrogen and oxygen atoms in total. The van der Waals surface area contributed by atoms with Crippen LogP contribution in [-0.4, -0.2) is 26.6 Å². The minimum absolute atomic E-state index is 0.0545. The molecule has 0 saturated carbocycles. The zero-order chi connectivity index (χ0) is 19.8. The molecule has 2 N–H and O–H groups in total. The molecule has 2 amide bonds. The summed E-state index contributed by atoms with van der Waals surface area (Å²) < 4.78 is 1.47. The maximum Gasteiger partial charge on any atom is 0.252 e. The fourth-order valence-corrected chi connectivity index (χ4v) is 3.17. The number of benzene rings is 2. The molecule has 0 spiro atoms. The summed E-state index contributed by atoms with van der Waals surface area (Å²) in [6.07, 6.45) is -0.0545. The molecule has 4 rings (SSSR count). The minimum Gasteiger partial charge on any atom is -0.326 e. The summed E-state index contributed by atoms with van der Waals surface area (Å²) >= 11 is 6.09. The van der Waals surface area contributed by atoms with Gasteiger partial charge in [0.1, 0.15) is 6.04 Å². The smallest absolute Gasteiger partial charge is 0.252 e. The van der Waals surface area contributed by atoms with Gasteiger partial charge in [0.15, 0.2) is 5.82 Å². The fourth-order valence-electron chi connectivity index (χ4n) is 2.99. The molecule has 142 valence electrons. The molecule has 0 aliphatic carbocycles. The van der Waals surface area contributed by atoms with E-state index in [-0.39, 0.29) is 18.2 Å². The number of nitrogens with one attached hydrogen (secondary N) is 2. The van der Waals surface area contributed by atoms with Gasteiger partial charge in [0, 0.05) is 16.3 Å². The van der Waals surface area contributed by atoms with E-state index in [9.17, 15) is 9.59 Å². The number of amides is 2. The van der Waals surface area contributed by atoms with E-state index in [1.165, 1.54) is 4.68 Å². The van der Waals surface area contributed by atoms with Crippen molar-refractivity contribution in [2.75, 3.05) is 10.6 Å². The Labute approximate surface area is 166 Å². The van der Waals surface area contributed by atoms with Gasteiger partial charge in [-0.2, -0.15) is 4.98 Å². The number of hydrogen-bond acceptors (Lipinski definition) is 4. The number of fused-ring (bicyclic) bond motifs is 1. The van der Waals surface area contributed by atoms with Crippen molar-refractivity contribution in [3.05, 3.63) is 58.6 Å². The van der Waals surface area contributed by atoms with Crippen LogP contribution in [0.15, 0.2) is 42.5 Å². The van der Waals surface area contributed by atoms with Crippen LogP contribution in [0.4, 0.5) is 11.6 Å². The lowest BCUT2D eigenvalue weighted by molar-refractivity contribution is -0.123. The highest BCUT2D eigenvalue weighted by Crippen LogP contribution is 2.29.